The Morgan fingerprint density at radius 3 is 2.50 bits per heavy atom. The van der Waals surface area contributed by atoms with Crippen molar-refractivity contribution in [2.45, 2.75) is 26.7 Å². The monoisotopic (exact) mass is 373 g/mol. The van der Waals surface area contributed by atoms with E-state index < -0.39 is 9.84 Å². The van der Waals surface area contributed by atoms with Gasteiger partial charge in [0.05, 0.1) is 5.75 Å². The molecule has 1 rings (SSSR count). The molecule has 7 heteroatoms. The van der Waals surface area contributed by atoms with Crippen molar-refractivity contribution in [1.82, 2.24) is 10.6 Å². The van der Waals surface area contributed by atoms with Crippen LogP contribution in [0.2, 0.25) is 5.02 Å². The molecule has 0 fully saturated rings. The van der Waals surface area contributed by atoms with Crippen molar-refractivity contribution in [3.05, 3.63) is 34.9 Å². The predicted molar refractivity (Wildman–Crippen MR) is 103 cm³/mol. The molecule has 1 aromatic rings. The normalized spacial score (nSPS) is 13.0. The fraction of sp³-hybridized carbons (Fsp3) is 0.588. The molecule has 0 aliphatic heterocycles. The maximum absolute atomic E-state index is 11.3. The summed E-state index contributed by atoms with van der Waals surface area (Å²) in [6.07, 6.45) is 2.68. The Labute approximate surface area is 150 Å². The number of sulfone groups is 1. The molecule has 5 nitrogen and oxygen atoms in total. The van der Waals surface area contributed by atoms with Crippen LogP contribution >= 0.6 is 11.6 Å². The van der Waals surface area contributed by atoms with Gasteiger partial charge in [-0.3, -0.25) is 4.99 Å². The molecular weight excluding hydrogens is 346 g/mol. The molecule has 24 heavy (non-hydrogen) atoms. The summed E-state index contributed by atoms with van der Waals surface area (Å²) < 4.78 is 22.6. The zero-order chi connectivity index (χ0) is 18.2. The second-order valence-corrected chi connectivity index (χ2v) is 9.40. The molecule has 0 aliphatic rings. The van der Waals surface area contributed by atoms with E-state index in [1.807, 2.05) is 38.1 Å². The van der Waals surface area contributed by atoms with Gasteiger partial charge in [-0.15, -0.1) is 0 Å². The third-order valence-electron chi connectivity index (χ3n) is 3.75. The Bertz CT molecular complexity index is 658. The molecule has 0 unspecified atom stereocenters. The highest BCUT2D eigenvalue weighted by Crippen LogP contribution is 2.19. The van der Waals surface area contributed by atoms with Crippen LogP contribution in [0.15, 0.2) is 29.3 Å². The number of nitrogens with zero attached hydrogens (tertiary/aromatic N) is 1. The molecule has 0 bridgehead atoms. The van der Waals surface area contributed by atoms with Gasteiger partial charge >= 0.3 is 0 Å². The minimum absolute atomic E-state index is 0.135. The highest BCUT2D eigenvalue weighted by molar-refractivity contribution is 7.90. The van der Waals surface area contributed by atoms with Gasteiger partial charge in [0.25, 0.3) is 0 Å². The first kappa shape index (κ1) is 20.8. The Balaban J connectivity index is 2.41. The van der Waals surface area contributed by atoms with Crippen molar-refractivity contribution in [3.63, 3.8) is 0 Å². The summed E-state index contributed by atoms with van der Waals surface area (Å²) in [5.41, 5.74) is 0.958. The van der Waals surface area contributed by atoms with Crippen LogP contribution in [0.4, 0.5) is 0 Å². The Kier molecular flexibility index (Phi) is 8.03. The van der Waals surface area contributed by atoms with E-state index in [1.165, 1.54) is 6.26 Å². The van der Waals surface area contributed by atoms with Crippen molar-refractivity contribution < 1.29 is 8.42 Å². The number of hydrogen-bond acceptors (Lipinski definition) is 3. The number of nitrogens with one attached hydrogen (secondary N) is 2. The van der Waals surface area contributed by atoms with Gasteiger partial charge in [0, 0.05) is 31.4 Å². The van der Waals surface area contributed by atoms with Crippen LogP contribution in [-0.2, 0) is 16.3 Å². The lowest BCUT2D eigenvalue weighted by atomic mass is 9.90. The van der Waals surface area contributed by atoms with Gasteiger partial charge in [-0.1, -0.05) is 43.6 Å². The average molecular weight is 374 g/mol. The maximum atomic E-state index is 11.3. The van der Waals surface area contributed by atoms with Gasteiger partial charge in [0.2, 0.25) is 0 Å². The van der Waals surface area contributed by atoms with Crippen LogP contribution in [0.3, 0.4) is 0 Å². The van der Waals surface area contributed by atoms with E-state index in [4.69, 9.17) is 11.6 Å². The van der Waals surface area contributed by atoms with E-state index in [1.54, 1.807) is 7.05 Å². The fourth-order valence-electron chi connectivity index (χ4n) is 2.11. The number of halogens is 1. The predicted octanol–water partition coefficient (Wildman–Crippen LogP) is 2.51. The molecular formula is C17H28ClN3O2S. The highest BCUT2D eigenvalue weighted by Gasteiger charge is 2.20. The SMILES string of the molecule is CN=C(NCCc1ccccc1Cl)NCC(C)(C)CCS(C)(=O)=O. The summed E-state index contributed by atoms with van der Waals surface area (Å²) in [7, 11) is -1.22. The third kappa shape index (κ3) is 8.55. The van der Waals surface area contributed by atoms with Gasteiger partial charge in [-0.2, -0.15) is 0 Å². The number of hydrogen-bond donors (Lipinski definition) is 2. The topological polar surface area (TPSA) is 70.6 Å². The maximum Gasteiger partial charge on any atom is 0.191 e. The van der Waals surface area contributed by atoms with Gasteiger partial charge in [0.15, 0.2) is 5.96 Å². The van der Waals surface area contributed by atoms with E-state index in [0.29, 0.717) is 25.5 Å². The van der Waals surface area contributed by atoms with Crippen molar-refractivity contribution in [2.75, 3.05) is 32.1 Å². The lowest BCUT2D eigenvalue weighted by Crippen LogP contribution is -2.43. The molecule has 0 saturated heterocycles. The van der Waals surface area contributed by atoms with Crippen LogP contribution in [0.25, 0.3) is 0 Å². The first-order valence-corrected chi connectivity index (χ1v) is 10.4. The minimum Gasteiger partial charge on any atom is -0.356 e. The van der Waals surface area contributed by atoms with Crippen LogP contribution in [-0.4, -0.2) is 46.5 Å². The molecule has 0 amide bonds. The van der Waals surface area contributed by atoms with Crippen LogP contribution in [0.1, 0.15) is 25.8 Å². The van der Waals surface area contributed by atoms with Crippen molar-refractivity contribution in [3.8, 4) is 0 Å². The lowest BCUT2D eigenvalue weighted by Gasteiger charge is -2.25. The smallest absolute Gasteiger partial charge is 0.191 e. The fourth-order valence-corrected chi connectivity index (χ4v) is 3.26. The zero-order valence-electron chi connectivity index (χ0n) is 14.9. The van der Waals surface area contributed by atoms with Crippen molar-refractivity contribution in [2.24, 2.45) is 10.4 Å². The van der Waals surface area contributed by atoms with E-state index in [9.17, 15) is 8.42 Å². The van der Waals surface area contributed by atoms with Crippen LogP contribution in [0.5, 0.6) is 0 Å². The third-order valence-corrected chi connectivity index (χ3v) is 5.07. The summed E-state index contributed by atoms with van der Waals surface area (Å²) in [6, 6.07) is 7.78. The molecule has 0 aliphatic carbocycles. The van der Waals surface area contributed by atoms with E-state index in [-0.39, 0.29) is 11.2 Å². The summed E-state index contributed by atoms with van der Waals surface area (Å²) in [5, 5.41) is 7.28. The average Bonchev–Trinajstić information content (AvgIpc) is 2.50. The van der Waals surface area contributed by atoms with Crippen molar-refractivity contribution >= 4 is 27.4 Å². The van der Waals surface area contributed by atoms with E-state index >= 15 is 0 Å². The van der Waals surface area contributed by atoms with Gasteiger partial charge in [-0.05, 0) is 29.9 Å². The summed E-state index contributed by atoms with van der Waals surface area (Å²) >= 11 is 6.14. The van der Waals surface area contributed by atoms with Gasteiger partial charge in [0.1, 0.15) is 9.84 Å². The van der Waals surface area contributed by atoms with Crippen LogP contribution in [0, 0.1) is 5.41 Å². The first-order chi connectivity index (χ1) is 11.1. The zero-order valence-corrected chi connectivity index (χ0v) is 16.5. The molecule has 136 valence electrons. The second-order valence-electron chi connectivity index (χ2n) is 6.74. The molecule has 0 saturated carbocycles. The Morgan fingerprint density at radius 1 is 1.25 bits per heavy atom. The lowest BCUT2D eigenvalue weighted by molar-refractivity contribution is 0.348. The second kappa shape index (κ2) is 9.28. The van der Waals surface area contributed by atoms with Gasteiger partial charge < -0.3 is 10.6 Å². The molecule has 0 atom stereocenters. The summed E-state index contributed by atoms with van der Waals surface area (Å²) in [4.78, 5) is 4.20. The molecule has 0 aromatic heterocycles. The molecule has 0 radical (unpaired) electrons. The Hall–Kier alpha value is -1.27. The minimum atomic E-state index is -2.94. The Morgan fingerprint density at radius 2 is 1.92 bits per heavy atom. The van der Waals surface area contributed by atoms with Crippen LogP contribution < -0.4 is 10.6 Å². The van der Waals surface area contributed by atoms with Gasteiger partial charge in [-0.25, -0.2) is 8.42 Å². The van der Waals surface area contributed by atoms with E-state index in [0.717, 1.165) is 17.0 Å². The van der Waals surface area contributed by atoms with E-state index in [2.05, 4.69) is 15.6 Å². The standard InChI is InChI=1S/C17H28ClN3O2S/c1-17(2,10-12-24(4,22)23)13-21-16(19-3)20-11-9-14-7-5-6-8-15(14)18/h5-8H,9-13H2,1-4H3,(H2,19,20,21). The first-order valence-electron chi connectivity index (χ1n) is 7.99. The molecule has 1 aromatic carbocycles. The number of aliphatic imine (C=N–C) groups is 1. The number of guanidine groups is 1. The number of rotatable bonds is 8. The number of benzene rings is 1. The summed E-state index contributed by atoms with van der Waals surface area (Å²) in [6.45, 7) is 5.45. The molecule has 0 spiro atoms. The summed E-state index contributed by atoms with van der Waals surface area (Å²) in [5.74, 6) is 0.898. The molecule has 0 heterocycles. The quantitative estimate of drug-likeness (QED) is 0.542. The largest absolute Gasteiger partial charge is 0.356 e. The molecule has 2 N–H and O–H groups in total. The van der Waals surface area contributed by atoms with Crippen molar-refractivity contribution in [1.29, 1.82) is 0 Å². The highest BCUT2D eigenvalue weighted by atomic mass is 35.5.